The highest BCUT2D eigenvalue weighted by Gasteiger charge is 2.21. The molecule has 6 heteroatoms. The predicted molar refractivity (Wildman–Crippen MR) is 81.5 cm³/mol. The van der Waals surface area contributed by atoms with Crippen LogP contribution in [0.25, 0.3) is 10.8 Å². The number of nitrogens with one attached hydrogen (secondary N) is 1. The van der Waals surface area contributed by atoms with Gasteiger partial charge in [0.05, 0.1) is 7.11 Å². The molecule has 21 heavy (non-hydrogen) atoms. The van der Waals surface area contributed by atoms with Gasteiger partial charge < -0.3 is 14.5 Å². The van der Waals surface area contributed by atoms with Gasteiger partial charge in [-0.25, -0.2) is 0 Å². The Kier molecular flexibility index (Phi) is 3.98. The Hall–Kier alpha value is -2.18. The van der Waals surface area contributed by atoms with Crippen LogP contribution in [0.15, 0.2) is 46.2 Å². The third-order valence-electron chi connectivity index (χ3n) is 3.15. The second-order valence-corrected chi connectivity index (χ2v) is 5.31. The van der Waals surface area contributed by atoms with E-state index < -0.39 is 0 Å². The van der Waals surface area contributed by atoms with Crippen molar-refractivity contribution in [3.8, 4) is 16.5 Å². The molecule has 0 radical (unpaired) electrons. The number of thiophene rings is 1. The molecule has 0 aliphatic carbocycles. The molecule has 0 fully saturated rings. The average Bonchev–Trinajstić information content (AvgIpc) is 3.17. The van der Waals surface area contributed by atoms with Gasteiger partial charge in [-0.1, -0.05) is 30.3 Å². The molecular formula is C15H15N3O2S. The van der Waals surface area contributed by atoms with Crippen LogP contribution in [0.2, 0.25) is 0 Å². The van der Waals surface area contributed by atoms with E-state index in [1.54, 1.807) is 7.11 Å². The van der Waals surface area contributed by atoms with Crippen molar-refractivity contribution >= 4 is 11.3 Å². The first kappa shape index (κ1) is 13.8. The number of methoxy groups -OCH3 is 1. The summed E-state index contributed by atoms with van der Waals surface area (Å²) in [4.78, 5) is 0.846. The van der Waals surface area contributed by atoms with Crippen molar-refractivity contribution in [3.63, 3.8) is 0 Å². The molecule has 0 aliphatic rings. The Labute approximate surface area is 126 Å². The lowest BCUT2D eigenvalue weighted by Crippen LogP contribution is -2.17. The SMILES string of the molecule is CNC(c1ccccc1)c1nnc(-c2sccc2OC)o1. The summed E-state index contributed by atoms with van der Waals surface area (Å²) in [5, 5.41) is 13.4. The normalized spacial score (nSPS) is 12.3. The number of ether oxygens (including phenoxy) is 1. The Balaban J connectivity index is 1.94. The quantitative estimate of drug-likeness (QED) is 0.784. The van der Waals surface area contributed by atoms with Crippen molar-refractivity contribution < 1.29 is 9.15 Å². The van der Waals surface area contributed by atoms with Gasteiger partial charge in [0, 0.05) is 0 Å². The first-order valence-electron chi connectivity index (χ1n) is 6.51. The molecule has 0 spiro atoms. The summed E-state index contributed by atoms with van der Waals surface area (Å²) in [6.45, 7) is 0. The van der Waals surface area contributed by atoms with Gasteiger partial charge in [0.25, 0.3) is 5.89 Å². The van der Waals surface area contributed by atoms with E-state index in [9.17, 15) is 0 Å². The second-order valence-electron chi connectivity index (χ2n) is 4.40. The smallest absolute Gasteiger partial charge is 0.261 e. The molecule has 0 saturated heterocycles. The number of rotatable bonds is 5. The highest BCUT2D eigenvalue weighted by atomic mass is 32.1. The van der Waals surface area contributed by atoms with E-state index in [0.717, 1.165) is 16.2 Å². The molecule has 2 heterocycles. The summed E-state index contributed by atoms with van der Waals surface area (Å²) >= 11 is 1.51. The van der Waals surface area contributed by atoms with Crippen LogP contribution in [0.3, 0.4) is 0 Å². The van der Waals surface area contributed by atoms with Crippen LogP contribution in [-0.4, -0.2) is 24.4 Å². The van der Waals surface area contributed by atoms with E-state index in [2.05, 4.69) is 15.5 Å². The van der Waals surface area contributed by atoms with E-state index >= 15 is 0 Å². The highest BCUT2D eigenvalue weighted by molar-refractivity contribution is 7.13. The minimum absolute atomic E-state index is 0.126. The van der Waals surface area contributed by atoms with Gasteiger partial charge in [-0.15, -0.1) is 21.5 Å². The largest absolute Gasteiger partial charge is 0.495 e. The van der Waals surface area contributed by atoms with Crippen LogP contribution in [0.5, 0.6) is 5.75 Å². The van der Waals surface area contributed by atoms with Gasteiger partial charge >= 0.3 is 0 Å². The standard InChI is InChI=1S/C15H15N3O2S/c1-16-12(10-6-4-3-5-7-10)14-17-18-15(20-14)13-11(19-2)8-9-21-13/h3-9,12,16H,1-2H3. The van der Waals surface area contributed by atoms with Gasteiger partial charge in [0.15, 0.2) is 0 Å². The zero-order chi connectivity index (χ0) is 14.7. The van der Waals surface area contributed by atoms with Crippen LogP contribution >= 0.6 is 11.3 Å². The van der Waals surface area contributed by atoms with Gasteiger partial charge in [-0.05, 0) is 24.1 Å². The fraction of sp³-hybridized carbons (Fsp3) is 0.200. The lowest BCUT2D eigenvalue weighted by Gasteiger charge is -2.11. The van der Waals surface area contributed by atoms with Gasteiger partial charge in [0.2, 0.25) is 5.89 Å². The van der Waals surface area contributed by atoms with Crippen molar-refractivity contribution in [2.24, 2.45) is 0 Å². The molecule has 5 nitrogen and oxygen atoms in total. The molecule has 1 N–H and O–H groups in total. The van der Waals surface area contributed by atoms with E-state index in [4.69, 9.17) is 9.15 Å². The predicted octanol–water partition coefficient (Wildman–Crippen LogP) is 3.12. The van der Waals surface area contributed by atoms with Crippen LogP contribution in [0, 0.1) is 0 Å². The Morgan fingerprint density at radius 3 is 2.71 bits per heavy atom. The summed E-state index contributed by atoms with van der Waals surface area (Å²) in [6, 6.07) is 11.8. The first-order chi connectivity index (χ1) is 10.3. The van der Waals surface area contributed by atoms with Crippen molar-refractivity contribution in [1.82, 2.24) is 15.5 Å². The van der Waals surface area contributed by atoms with Crippen molar-refractivity contribution in [2.45, 2.75) is 6.04 Å². The van der Waals surface area contributed by atoms with Crippen LogP contribution in [0.1, 0.15) is 17.5 Å². The molecule has 1 aromatic carbocycles. The summed E-state index contributed by atoms with van der Waals surface area (Å²) in [6.07, 6.45) is 0. The molecule has 0 amide bonds. The number of hydrogen-bond donors (Lipinski definition) is 1. The number of hydrogen-bond acceptors (Lipinski definition) is 6. The molecule has 0 aliphatic heterocycles. The molecule has 0 bridgehead atoms. The van der Waals surface area contributed by atoms with E-state index in [-0.39, 0.29) is 6.04 Å². The minimum atomic E-state index is -0.126. The molecular weight excluding hydrogens is 286 g/mol. The number of benzene rings is 1. The van der Waals surface area contributed by atoms with Gasteiger partial charge in [0.1, 0.15) is 16.7 Å². The maximum Gasteiger partial charge on any atom is 0.261 e. The molecule has 1 unspecified atom stereocenters. The van der Waals surface area contributed by atoms with Crippen molar-refractivity contribution in [1.29, 1.82) is 0 Å². The first-order valence-corrected chi connectivity index (χ1v) is 7.39. The average molecular weight is 301 g/mol. The van der Waals surface area contributed by atoms with Crippen molar-refractivity contribution in [3.05, 3.63) is 53.2 Å². The minimum Gasteiger partial charge on any atom is -0.495 e. The molecule has 0 saturated carbocycles. The summed E-state index contributed by atoms with van der Waals surface area (Å²) in [5.41, 5.74) is 1.08. The monoisotopic (exact) mass is 301 g/mol. The number of aromatic nitrogens is 2. The Morgan fingerprint density at radius 2 is 2.00 bits per heavy atom. The lowest BCUT2D eigenvalue weighted by molar-refractivity contribution is 0.414. The molecule has 2 aromatic heterocycles. The van der Waals surface area contributed by atoms with Crippen LogP contribution in [-0.2, 0) is 0 Å². The Morgan fingerprint density at radius 1 is 1.19 bits per heavy atom. The maximum absolute atomic E-state index is 5.82. The second kappa shape index (κ2) is 6.07. The lowest BCUT2D eigenvalue weighted by atomic mass is 10.1. The summed E-state index contributed by atoms with van der Waals surface area (Å²) < 4.78 is 11.1. The topological polar surface area (TPSA) is 60.2 Å². The highest BCUT2D eigenvalue weighted by Crippen LogP contribution is 2.35. The zero-order valence-electron chi connectivity index (χ0n) is 11.7. The van der Waals surface area contributed by atoms with Crippen LogP contribution in [0.4, 0.5) is 0 Å². The summed E-state index contributed by atoms with van der Waals surface area (Å²) in [7, 11) is 3.50. The molecule has 1 atom stereocenters. The zero-order valence-corrected chi connectivity index (χ0v) is 12.6. The van der Waals surface area contributed by atoms with Crippen molar-refractivity contribution in [2.75, 3.05) is 14.2 Å². The van der Waals surface area contributed by atoms with Crippen LogP contribution < -0.4 is 10.1 Å². The van der Waals surface area contributed by atoms with Gasteiger partial charge in [-0.2, -0.15) is 0 Å². The van der Waals surface area contributed by atoms with E-state index in [1.165, 1.54) is 11.3 Å². The molecule has 3 aromatic rings. The number of nitrogens with zero attached hydrogens (tertiary/aromatic N) is 2. The van der Waals surface area contributed by atoms with Gasteiger partial charge in [-0.3, -0.25) is 0 Å². The van der Waals surface area contributed by atoms with E-state index in [1.807, 2.05) is 48.8 Å². The fourth-order valence-electron chi connectivity index (χ4n) is 2.14. The third-order valence-corrected chi connectivity index (χ3v) is 4.04. The third kappa shape index (κ3) is 2.68. The Bertz CT molecular complexity index is 709. The fourth-order valence-corrected chi connectivity index (χ4v) is 2.91. The van der Waals surface area contributed by atoms with E-state index in [0.29, 0.717) is 11.8 Å². The maximum atomic E-state index is 5.82. The summed E-state index contributed by atoms with van der Waals surface area (Å²) in [5.74, 6) is 1.76. The molecule has 3 rings (SSSR count). The molecule has 108 valence electrons.